The quantitative estimate of drug-likeness (QED) is 0.843. The zero-order valence-corrected chi connectivity index (χ0v) is 12.8. The number of nitrogens with zero attached hydrogens (tertiary/aromatic N) is 2. The average Bonchev–Trinajstić information content (AvgIpc) is 2.85. The molecule has 0 aliphatic heterocycles. The van der Waals surface area contributed by atoms with E-state index < -0.39 is 0 Å². The highest BCUT2D eigenvalue weighted by Crippen LogP contribution is 2.45. The molecule has 1 aliphatic carbocycles. The maximum absolute atomic E-state index is 4.51. The van der Waals surface area contributed by atoms with Crippen LogP contribution >= 0.6 is 0 Å². The summed E-state index contributed by atoms with van der Waals surface area (Å²) in [5, 5.41) is 8.22. The average molecular weight is 263 g/mol. The van der Waals surface area contributed by atoms with Gasteiger partial charge in [0.2, 0.25) is 0 Å². The van der Waals surface area contributed by atoms with Gasteiger partial charge in [0.15, 0.2) is 0 Å². The molecule has 1 fully saturated rings. The van der Waals surface area contributed by atoms with Gasteiger partial charge in [0, 0.05) is 24.3 Å². The van der Waals surface area contributed by atoms with Gasteiger partial charge in [-0.2, -0.15) is 5.10 Å². The van der Waals surface area contributed by atoms with Crippen molar-refractivity contribution in [2.24, 2.45) is 5.41 Å². The van der Waals surface area contributed by atoms with E-state index in [2.05, 4.69) is 48.3 Å². The van der Waals surface area contributed by atoms with Crippen molar-refractivity contribution in [1.29, 1.82) is 0 Å². The second kappa shape index (κ2) is 6.56. The highest BCUT2D eigenvalue weighted by atomic mass is 15.3. The van der Waals surface area contributed by atoms with Crippen LogP contribution in [0, 0.1) is 5.41 Å². The molecule has 1 atom stereocenters. The van der Waals surface area contributed by atoms with Crippen LogP contribution < -0.4 is 5.32 Å². The number of nitrogens with one attached hydrogen (secondary N) is 1. The first-order valence-electron chi connectivity index (χ1n) is 7.95. The zero-order chi connectivity index (χ0) is 13.7. The molecule has 2 rings (SSSR count). The second-order valence-corrected chi connectivity index (χ2v) is 6.24. The molecule has 1 saturated carbocycles. The fraction of sp³-hybridized carbons (Fsp3) is 0.812. The lowest BCUT2D eigenvalue weighted by atomic mass is 9.69. The fourth-order valence-corrected chi connectivity index (χ4v) is 3.50. The molecular formula is C16H29N3. The highest BCUT2D eigenvalue weighted by molar-refractivity contribution is 5.15. The van der Waals surface area contributed by atoms with Gasteiger partial charge in [-0.1, -0.05) is 40.0 Å². The Morgan fingerprint density at radius 3 is 2.68 bits per heavy atom. The van der Waals surface area contributed by atoms with Gasteiger partial charge in [-0.25, -0.2) is 0 Å². The lowest BCUT2D eigenvalue weighted by Crippen LogP contribution is -2.37. The summed E-state index contributed by atoms with van der Waals surface area (Å²) in [6.45, 7) is 8.91. The van der Waals surface area contributed by atoms with Gasteiger partial charge in [0.05, 0.1) is 6.20 Å². The van der Waals surface area contributed by atoms with E-state index in [4.69, 9.17) is 0 Å². The van der Waals surface area contributed by atoms with Crippen molar-refractivity contribution in [2.75, 3.05) is 6.54 Å². The van der Waals surface area contributed by atoms with E-state index in [-0.39, 0.29) is 0 Å². The SMILES string of the molecule is CCCn1cc(C(NCC)C2(C)CCCCC2)cn1. The van der Waals surface area contributed by atoms with Crippen LogP contribution in [0.1, 0.15) is 70.9 Å². The number of rotatable bonds is 6. The van der Waals surface area contributed by atoms with Crippen LogP contribution in [-0.4, -0.2) is 16.3 Å². The van der Waals surface area contributed by atoms with Crippen molar-refractivity contribution in [1.82, 2.24) is 15.1 Å². The Hall–Kier alpha value is -0.830. The summed E-state index contributed by atoms with van der Waals surface area (Å²) < 4.78 is 2.09. The summed E-state index contributed by atoms with van der Waals surface area (Å²) in [6, 6.07) is 0.461. The molecule has 0 saturated heterocycles. The molecule has 1 aliphatic rings. The van der Waals surface area contributed by atoms with Crippen molar-refractivity contribution >= 4 is 0 Å². The number of hydrogen-bond acceptors (Lipinski definition) is 2. The van der Waals surface area contributed by atoms with E-state index in [1.807, 2.05) is 0 Å². The summed E-state index contributed by atoms with van der Waals surface area (Å²) in [4.78, 5) is 0. The summed E-state index contributed by atoms with van der Waals surface area (Å²) in [6.07, 6.45) is 12.3. The first-order valence-corrected chi connectivity index (χ1v) is 7.95. The van der Waals surface area contributed by atoms with Gasteiger partial charge in [-0.05, 0) is 31.2 Å². The number of aryl methyl sites for hydroxylation is 1. The fourth-order valence-electron chi connectivity index (χ4n) is 3.50. The van der Waals surface area contributed by atoms with Gasteiger partial charge in [-0.3, -0.25) is 4.68 Å². The van der Waals surface area contributed by atoms with Gasteiger partial charge in [0.25, 0.3) is 0 Å². The Kier molecular flexibility index (Phi) is 5.03. The minimum absolute atomic E-state index is 0.397. The van der Waals surface area contributed by atoms with Crippen LogP contribution in [-0.2, 0) is 6.54 Å². The third-order valence-electron chi connectivity index (χ3n) is 4.54. The van der Waals surface area contributed by atoms with Crippen molar-refractivity contribution in [3.8, 4) is 0 Å². The largest absolute Gasteiger partial charge is 0.310 e. The molecular weight excluding hydrogens is 234 g/mol. The van der Waals surface area contributed by atoms with Crippen LogP contribution in [0.3, 0.4) is 0 Å². The van der Waals surface area contributed by atoms with E-state index in [0.29, 0.717) is 11.5 Å². The Bertz CT molecular complexity index is 377. The molecule has 0 radical (unpaired) electrons. The monoisotopic (exact) mass is 263 g/mol. The molecule has 1 aromatic rings. The van der Waals surface area contributed by atoms with Crippen molar-refractivity contribution in [3.63, 3.8) is 0 Å². The van der Waals surface area contributed by atoms with Gasteiger partial charge < -0.3 is 5.32 Å². The topological polar surface area (TPSA) is 29.9 Å². The molecule has 0 bridgehead atoms. The van der Waals surface area contributed by atoms with E-state index >= 15 is 0 Å². The normalized spacial score (nSPS) is 20.4. The molecule has 1 unspecified atom stereocenters. The van der Waals surface area contributed by atoms with Gasteiger partial charge >= 0.3 is 0 Å². The summed E-state index contributed by atoms with van der Waals surface area (Å²) >= 11 is 0. The van der Waals surface area contributed by atoms with E-state index in [0.717, 1.165) is 19.5 Å². The molecule has 1 N–H and O–H groups in total. The van der Waals surface area contributed by atoms with Crippen molar-refractivity contribution in [2.45, 2.75) is 71.9 Å². The van der Waals surface area contributed by atoms with Crippen LogP contribution in [0.25, 0.3) is 0 Å². The molecule has 1 heterocycles. The minimum Gasteiger partial charge on any atom is -0.310 e. The van der Waals surface area contributed by atoms with Crippen molar-refractivity contribution < 1.29 is 0 Å². The molecule has 0 aromatic carbocycles. The Morgan fingerprint density at radius 2 is 2.05 bits per heavy atom. The molecule has 0 amide bonds. The molecule has 1 aromatic heterocycles. The van der Waals surface area contributed by atoms with Gasteiger partial charge in [-0.15, -0.1) is 0 Å². The Morgan fingerprint density at radius 1 is 1.32 bits per heavy atom. The van der Waals surface area contributed by atoms with E-state index in [1.165, 1.54) is 37.7 Å². The molecule has 19 heavy (non-hydrogen) atoms. The van der Waals surface area contributed by atoms with E-state index in [1.54, 1.807) is 0 Å². The maximum atomic E-state index is 4.51. The van der Waals surface area contributed by atoms with E-state index in [9.17, 15) is 0 Å². The summed E-state index contributed by atoms with van der Waals surface area (Å²) in [7, 11) is 0. The molecule has 3 nitrogen and oxygen atoms in total. The van der Waals surface area contributed by atoms with Gasteiger partial charge in [0.1, 0.15) is 0 Å². The van der Waals surface area contributed by atoms with Crippen LogP contribution in [0.4, 0.5) is 0 Å². The smallest absolute Gasteiger partial charge is 0.0537 e. The third-order valence-corrected chi connectivity index (χ3v) is 4.54. The lowest BCUT2D eigenvalue weighted by molar-refractivity contribution is 0.146. The number of hydrogen-bond donors (Lipinski definition) is 1. The summed E-state index contributed by atoms with van der Waals surface area (Å²) in [5.41, 5.74) is 1.77. The van der Waals surface area contributed by atoms with Crippen LogP contribution in [0.5, 0.6) is 0 Å². The molecule has 0 spiro atoms. The first kappa shape index (κ1) is 14.6. The summed E-state index contributed by atoms with van der Waals surface area (Å²) in [5.74, 6) is 0. The molecule has 108 valence electrons. The first-order chi connectivity index (χ1) is 9.19. The third kappa shape index (κ3) is 3.38. The maximum Gasteiger partial charge on any atom is 0.0537 e. The highest BCUT2D eigenvalue weighted by Gasteiger charge is 2.36. The predicted molar refractivity (Wildman–Crippen MR) is 80.1 cm³/mol. The Labute approximate surface area is 117 Å². The second-order valence-electron chi connectivity index (χ2n) is 6.24. The van der Waals surface area contributed by atoms with Crippen LogP contribution in [0.15, 0.2) is 12.4 Å². The molecule has 3 heteroatoms. The number of aromatic nitrogens is 2. The standard InChI is InChI=1S/C16H29N3/c1-4-11-19-13-14(12-18-19)15(17-5-2)16(3)9-7-6-8-10-16/h12-13,15,17H,4-11H2,1-3H3. The minimum atomic E-state index is 0.397. The lowest BCUT2D eigenvalue weighted by Gasteiger charge is -2.41. The predicted octanol–water partition coefficient (Wildman–Crippen LogP) is 3.91. The Balaban J connectivity index is 2.17. The van der Waals surface area contributed by atoms with Crippen LogP contribution in [0.2, 0.25) is 0 Å². The zero-order valence-electron chi connectivity index (χ0n) is 12.8. The van der Waals surface area contributed by atoms with Crippen molar-refractivity contribution in [3.05, 3.63) is 18.0 Å².